The summed E-state index contributed by atoms with van der Waals surface area (Å²) in [5.74, 6) is 3.80. The Morgan fingerprint density at radius 3 is 3.04 bits per heavy atom. The van der Waals surface area contributed by atoms with Gasteiger partial charge in [-0.15, -0.1) is 10.2 Å². The van der Waals surface area contributed by atoms with E-state index in [2.05, 4.69) is 39.0 Å². The molecule has 0 radical (unpaired) electrons. The molecule has 1 aromatic rings. The molecule has 7 heteroatoms. The van der Waals surface area contributed by atoms with Crippen molar-refractivity contribution in [3.05, 3.63) is 11.6 Å². The Labute approximate surface area is 144 Å². The fraction of sp³-hybridized carbons (Fsp3) is 0.824. The van der Waals surface area contributed by atoms with Crippen LogP contribution in [0, 0.1) is 5.92 Å². The third-order valence-corrected chi connectivity index (χ3v) is 4.62. The minimum atomic E-state index is 0.572. The van der Waals surface area contributed by atoms with Crippen LogP contribution >= 0.6 is 0 Å². The summed E-state index contributed by atoms with van der Waals surface area (Å²) in [4.78, 5) is 6.87. The van der Waals surface area contributed by atoms with Crippen LogP contribution in [-0.2, 0) is 24.2 Å². The number of rotatable bonds is 8. The molecule has 24 heavy (non-hydrogen) atoms. The first-order valence-corrected chi connectivity index (χ1v) is 9.26. The zero-order chi connectivity index (χ0) is 16.8. The van der Waals surface area contributed by atoms with E-state index in [0.29, 0.717) is 6.54 Å². The smallest absolute Gasteiger partial charge is 0.194 e. The molecule has 3 rings (SSSR count). The molecule has 0 spiro atoms. The summed E-state index contributed by atoms with van der Waals surface area (Å²) in [6.45, 7) is 7.04. The van der Waals surface area contributed by atoms with Gasteiger partial charge in [-0.2, -0.15) is 0 Å². The van der Waals surface area contributed by atoms with Crippen molar-refractivity contribution in [2.75, 3.05) is 33.4 Å². The Hall–Kier alpha value is -1.63. The van der Waals surface area contributed by atoms with Crippen molar-refractivity contribution in [1.29, 1.82) is 0 Å². The molecule has 0 saturated heterocycles. The molecule has 0 amide bonds. The molecule has 2 aliphatic rings. The molecular weight excluding hydrogens is 304 g/mol. The van der Waals surface area contributed by atoms with Crippen LogP contribution in [-0.4, -0.2) is 59.0 Å². The van der Waals surface area contributed by atoms with Crippen LogP contribution in [0.1, 0.15) is 44.3 Å². The number of ether oxygens (including phenoxy) is 1. The van der Waals surface area contributed by atoms with Gasteiger partial charge in [0, 0.05) is 39.7 Å². The zero-order valence-electron chi connectivity index (χ0n) is 15.0. The summed E-state index contributed by atoms with van der Waals surface area (Å²) in [6, 6.07) is 0. The number of nitrogens with zero attached hydrogens (tertiary/aromatic N) is 5. The monoisotopic (exact) mass is 334 g/mol. The fourth-order valence-corrected chi connectivity index (χ4v) is 2.94. The number of nitrogens with one attached hydrogen (secondary N) is 1. The van der Waals surface area contributed by atoms with Gasteiger partial charge in [0.1, 0.15) is 12.4 Å². The molecule has 1 saturated carbocycles. The van der Waals surface area contributed by atoms with Gasteiger partial charge in [0.2, 0.25) is 0 Å². The second-order valence-corrected chi connectivity index (χ2v) is 6.75. The highest BCUT2D eigenvalue weighted by Crippen LogP contribution is 2.28. The summed E-state index contributed by atoms with van der Waals surface area (Å²) >= 11 is 0. The van der Waals surface area contributed by atoms with E-state index in [9.17, 15) is 0 Å². The normalized spacial score (nSPS) is 17.7. The number of likely N-dealkylation sites (N-methyl/N-ethyl adjacent to an activating group) is 1. The van der Waals surface area contributed by atoms with E-state index in [-0.39, 0.29) is 0 Å². The molecule has 7 nitrogen and oxygen atoms in total. The minimum absolute atomic E-state index is 0.572. The van der Waals surface area contributed by atoms with Gasteiger partial charge in [-0.1, -0.05) is 0 Å². The first kappa shape index (κ1) is 17.2. The molecule has 1 fully saturated rings. The SMILES string of the molecule is CCNC(=NCc1nnc2n1CCCC2)N(C)CCOCC1CC1. The Balaban J connectivity index is 1.52. The molecular formula is C17H30N6O. The Morgan fingerprint density at radius 1 is 1.38 bits per heavy atom. The number of guanidine groups is 1. The van der Waals surface area contributed by atoms with E-state index in [1.807, 2.05) is 0 Å². The maximum atomic E-state index is 5.73. The van der Waals surface area contributed by atoms with Crippen LogP contribution in [0.25, 0.3) is 0 Å². The lowest BCUT2D eigenvalue weighted by Crippen LogP contribution is -2.40. The van der Waals surface area contributed by atoms with Gasteiger partial charge < -0.3 is 19.5 Å². The highest BCUT2D eigenvalue weighted by Gasteiger charge is 2.21. The highest BCUT2D eigenvalue weighted by atomic mass is 16.5. The molecule has 0 atom stereocenters. The van der Waals surface area contributed by atoms with Gasteiger partial charge in [0.25, 0.3) is 0 Å². The molecule has 1 aliphatic heterocycles. The van der Waals surface area contributed by atoms with Crippen LogP contribution < -0.4 is 5.32 Å². The Bertz CT molecular complexity index is 551. The van der Waals surface area contributed by atoms with Crippen molar-refractivity contribution < 1.29 is 4.74 Å². The van der Waals surface area contributed by atoms with Crippen molar-refractivity contribution >= 4 is 5.96 Å². The standard InChI is InChI=1S/C17H30N6O/c1-3-18-17(22(2)10-11-24-13-14-7-8-14)19-12-16-21-20-15-6-4-5-9-23(15)16/h14H,3-13H2,1-2H3,(H,18,19). The first-order valence-electron chi connectivity index (χ1n) is 9.26. The van der Waals surface area contributed by atoms with E-state index in [1.165, 1.54) is 25.7 Å². The predicted octanol–water partition coefficient (Wildman–Crippen LogP) is 1.44. The molecule has 0 aromatic carbocycles. The second kappa shape index (κ2) is 8.46. The molecule has 0 bridgehead atoms. The lowest BCUT2D eigenvalue weighted by atomic mass is 10.2. The second-order valence-electron chi connectivity index (χ2n) is 6.75. The summed E-state index contributed by atoms with van der Waals surface area (Å²) in [5.41, 5.74) is 0. The number of aryl methyl sites for hydroxylation is 1. The lowest BCUT2D eigenvalue weighted by Gasteiger charge is -2.22. The molecule has 134 valence electrons. The van der Waals surface area contributed by atoms with Gasteiger partial charge >= 0.3 is 0 Å². The highest BCUT2D eigenvalue weighted by molar-refractivity contribution is 5.79. The van der Waals surface area contributed by atoms with Crippen LogP contribution in [0.5, 0.6) is 0 Å². The molecule has 2 heterocycles. The quantitative estimate of drug-likeness (QED) is 0.443. The Kier molecular flexibility index (Phi) is 6.07. The number of aromatic nitrogens is 3. The van der Waals surface area contributed by atoms with Gasteiger partial charge in [-0.05, 0) is 38.5 Å². The molecule has 1 N–H and O–H groups in total. The van der Waals surface area contributed by atoms with Crippen LogP contribution in [0.2, 0.25) is 0 Å². The van der Waals surface area contributed by atoms with Gasteiger partial charge in [-0.3, -0.25) is 0 Å². The maximum Gasteiger partial charge on any atom is 0.194 e. The summed E-state index contributed by atoms with van der Waals surface area (Å²) in [6.07, 6.45) is 6.13. The van der Waals surface area contributed by atoms with E-state index in [0.717, 1.165) is 62.8 Å². The number of aliphatic imine (C=N–C) groups is 1. The number of hydrogen-bond acceptors (Lipinski definition) is 4. The number of fused-ring (bicyclic) bond motifs is 1. The van der Waals surface area contributed by atoms with Gasteiger partial charge in [-0.25, -0.2) is 4.99 Å². The van der Waals surface area contributed by atoms with E-state index in [1.54, 1.807) is 0 Å². The minimum Gasteiger partial charge on any atom is -0.379 e. The summed E-state index contributed by atoms with van der Waals surface area (Å²) in [5, 5.41) is 12.0. The maximum absolute atomic E-state index is 5.73. The van der Waals surface area contributed by atoms with Gasteiger partial charge in [0.05, 0.1) is 6.61 Å². The van der Waals surface area contributed by atoms with Crippen molar-refractivity contribution in [3.63, 3.8) is 0 Å². The number of hydrogen-bond donors (Lipinski definition) is 1. The summed E-state index contributed by atoms with van der Waals surface area (Å²) in [7, 11) is 2.06. The first-order chi connectivity index (χ1) is 11.8. The Morgan fingerprint density at radius 2 is 2.25 bits per heavy atom. The van der Waals surface area contributed by atoms with E-state index < -0.39 is 0 Å². The van der Waals surface area contributed by atoms with E-state index in [4.69, 9.17) is 9.73 Å². The van der Waals surface area contributed by atoms with Crippen LogP contribution in [0.4, 0.5) is 0 Å². The van der Waals surface area contributed by atoms with E-state index >= 15 is 0 Å². The van der Waals surface area contributed by atoms with Crippen LogP contribution in [0.15, 0.2) is 4.99 Å². The predicted molar refractivity (Wildman–Crippen MR) is 93.9 cm³/mol. The lowest BCUT2D eigenvalue weighted by molar-refractivity contribution is 0.115. The summed E-state index contributed by atoms with van der Waals surface area (Å²) < 4.78 is 7.96. The average molecular weight is 334 g/mol. The fourth-order valence-electron chi connectivity index (χ4n) is 2.94. The topological polar surface area (TPSA) is 67.6 Å². The average Bonchev–Trinajstić information content (AvgIpc) is 3.34. The molecule has 0 unspecified atom stereocenters. The van der Waals surface area contributed by atoms with Crippen LogP contribution in [0.3, 0.4) is 0 Å². The van der Waals surface area contributed by atoms with Crippen molar-refractivity contribution in [2.45, 2.75) is 52.1 Å². The zero-order valence-corrected chi connectivity index (χ0v) is 15.0. The van der Waals surface area contributed by atoms with Gasteiger partial charge in [0.15, 0.2) is 11.8 Å². The largest absolute Gasteiger partial charge is 0.379 e. The van der Waals surface area contributed by atoms with Crippen molar-refractivity contribution in [1.82, 2.24) is 25.0 Å². The van der Waals surface area contributed by atoms with Crippen molar-refractivity contribution in [2.24, 2.45) is 10.9 Å². The third kappa shape index (κ3) is 4.69. The van der Waals surface area contributed by atoms with Crippen molar-refractivity contribution in [3.8, 4) is 0 Å². The molecule has 1 aliphatic carbocycles. The molecule has 1 aromatic heterocycles. The third-order valence-electron chi connectivity index (χ3n) is 4.62.